The first-order valence-electron chi connectivity index (χ1n) is 9.43. The second kappa shape index (κ2) is 12.3. The summed E-state index contributed by atoms with van der Waals surface area (Å²) in [6.45, 7) is 2.19. The van der Waals surface area contributed by atoms with Crippen LogP contribution in [0.25, 0.3) is 0 Å². The third kappa shape index (κ3) is 8.85. The summed E-state index contributed by atoms with van der Waals surface area (Å²) in [5.41, 5.74) is -1.58. The molecule has 0 saturated heterocycles. The summed E-state index contributed by atoms with van der Waals surface area (Å²) < 4.78 is 80.4. The first-order chi connectivity index (χ1) is 15.4. The molecule has 0 aliphatic carbocycles. The number of rotatable bonds is 4. The fourth-order valence-corrected chi connectivity index (χ4v) is 2.94. The highest BCUT2D eigenvalue weighted by atomic mass is 19.4. The van der Waals surface area contributed by atoms with Crippen molar-refractivity contribution in [3.63, 3.8) is 0 Å². The molecule has 0 radical (unpaired) electrons. The van der Waals surface area contributed by atoms with Crippen molar-refractivity contribution in [3.8, 4) is 0 Å². The molecule has 33 heavy (non-hydrogen) atoms. The van der Waals surface area contributed by atoms with E-state index >= 15 is 0 Å². The van der Waals surface area contributed by atoms with Gasteiger partial charge in [-0.2, -0.15) is 31.4 Å². The zero-order valence-electron chi connectivity index (χ0n) is 17.8. The van der Waals surface area contributed by atoms with E-state index in [1.165, 1.54) is 0 Å². The van der Waals surface area contributed by atoms with Gasteiger partial charge in [0.15, 0.2) is 6.29 Å². The third-order valence-electron chi connectivity index (χ3n) is 4.31. The molecule has 7 nitrogen and oxygen atoms in total. The SMILES string of the molecule is CN1CCCn2nc(C=O)cc2C1.CO.O=COCc1cc(C(F)(F)F)cc(C(F)(F)F)c1. The Morgan fingerprint density at radius 3 is 2.06 bits per heavy atom. The molecule has 2 heterocycles. The Morgan fingerprint density at radius 2 is 1.58 bits per heavy atom. The van der Waals surface area contributed by atoms with Crippen LogP contribution >= 0.6 is 0 Å². The number of nitrogens with zero attached hydrogens (tertiary/aromatic N) is 3. The van der Waals surface area contributed by atoms with E-state index in [9.17, 15) is 35.9 Å². The summed E-state index contributed by atoms with van der Waals surface area (Å²) in [4.78, 5) is 22.6. The van der Waals surface area contributed by atoms with Gasteiger partial charge in [-0.3, -0.25) is 14.3 Å². The van der Waals surface area contributed by atoms with E-state index in [-0.39, 0.29) is 18.1 Å². The monoisotopic (exact) mass is 483 g/mol. The number of aryl methyl sites for hydroxylation is 1. The quantitative estimate of drug-likeness (QED) is 0.529. The van der Waals surface area contributed by atoms with Crippen LogP contribution < -0.4 is 0 Å². The van der Waals surface area contributed by atoms with Crippen molar-refractivity contribution in [1.82, 2.24) is 14.7 Å². The predicted octanol–water partition coefficient (Wildman–Crippen LogP) is 3.54. The molecule has 0 amide bonds. The van der Waals surface area contributed by atoms with Crippen molar-refractivity contribution in [2.24, 2.45) is 0 Å². The number of aldehydes is 1. The van der Waals surface area contributed by atoms with E-state index in [0.29, 0.717) is 17.8 Å². The van der Waals surface area contributed by atoms with Crippen LogP contribution in [0.3, 0.4) is 0 Å². The molecule has 1 aliphatic heterocycles. The molecule has 0 spiro atoms. The highest BCUT2D eigenvalue weighted by molar-refractivity contribution is 5.71. The molecule has 0 bridgehead atoms. The maximum atomic E-state index is 12.4. The molecule has 0 fully saturated rings. The number of aliphatic hydroxyl groups excluding tert-OH is 1. The summed E-state index contributed by atoms with van der Waals surface area (Å²) in [7, 11) is 3.09. The minimum atomic E-state index is -4.91. The Balaban J connectivity index is 0.000000319. The summed E-state index contributed by atoms with van der Waals surface area (Å²) >= 11 is 0. The molecular formula is C20H23F6N3O4. The molecule has 1 aliphatic rings. The van der Waals surface area contributed by atoms with Crippen LogP contribution in [0.2, 0.25) is 0 Å². The van der Waals surface area contributed by atoms with Gasteiger partial charge < -0.3 is 14.7 Å². The van der Waals surface area contributed by atoms with Gasteiger partial charge >= 0.3 is 12.4 Å². The average Bonchev–Trinajstić information content (AvgIpc) is 3.05. The third-order valence-corrected chi connectivity index (χ3v) is 4.31. The average molecular weight is 483 g/mol. The number of ether oxygens (including phenoxy) is 1. The summed E-state index contributed by atoms with van der Waals surface area (Å²) in [5, 5.41) is 11.2. The van der Waals surface area contributed by atoms with Crippen molar-refractivity contribution >= 4 is 12.8 Å². The van der Waals surface area contributed by atoms with E-state index < -0.39 is 30.1 Å². The number of alkyl halides is 6. The topological polar surface area (TPSA) is 84.7 Å². The van der Waals surface area contributed by atoms with Gasteiger partial charge in [-0.15, -0.1) is 0 Å². The van der Waals surface area contributed by atoms with Gasteiger partial charge in [0.1, 0.15) is 12.3 Å². The molecule has 0 saturated carbocycles. The molecule has 1 aromatic carbocycles. The van der Waals surface area contributed by atoms with Crippen molar-refractivity contribution < 1.29 is 45.8 Å². The first-order valence-corrected chi connectivity index (χ1v) is 9.43. The molecule has 13 heteroatoms. The van der Waals surface area contributed by atoms with Crippen molar-refractivity contribution in [1.29, 1.82) is 0 Å². The van der Waals surface area contributed by atoms with Gasteiger partial charge in [0.05, 0.1) is 16.8 Å². The summed E-state index contributed by atoms with van der Waals surface area (Å²) in [6.07, 6.45) is -7.90. The van der Waals surface area contributed by atoms with Gasteiger partial charge in [-0.25, -0.2) is 0 Å². The molecule has 2 aromatic rings. The molecule has 0 atom stereocenters. The van der Waals surface area contributed by atoms with Gasteiger partial charge in [0.2, 0.25) is 0 Å². The Labute approximate surface area is 185 Å². The van der Waals surface area contributed by atoms with Gasteiger partial charge in [0, 0.05) is 26.7 Å². The minimum absolute atomic E-state index is 0.00438. The lowest BCUT2D eigenvalue weighted by Gasteiger charge is -2.13. The van der Waals surface area contributed by atoms with Crippen LogP contribution in [-0.2, 0) is 41.6 Å². The second-order valence-corrected chi connectivity index (χ2v) is 6.81. The lowest BCUT2D eigenvalue weighted by atomic mass is 10.1. The highest BCUT2D eigenvalue weighted by Gasteiger charge is 2.36. The summed E-state index contributed by atoms with van der Waals surface area (Å²) in [5.74, 6) is 0. The summed E-state index contributed by atoms with van der Waals surface area (Å²) in [6, 6.07) is 2.87. The number of aliphatic hydroxyl groups is 1. The smallest absolute Gasteiger partial charge is 0.416 e. The molecule has 0 unspecified atom stereocenters. The van der Waals surface area contributed by atoms with Gasteiger partial charge in [-0.05, 0) is 43.3 Å². The Morgan fingerprint density at radius 1 is 1.00 bits per heavy atom. The maximum Gasteiger partial charge on any atom is 0.416 e. The fraction of sp³-hybridized carbons (Fsp3) is 0.450. The first kappa shape index (κ1) is 28.1. The van der Waals surface area contributed by atoms with Crippen LogP contribution in [0, 0.1) is 0 Å². The number of hydrogen-bond donors (Lipinski definition) is 1. The Kier molecular flexibility index (Phi) is 10.5. The van der Waals surface area contributed by atoms with E-state index in [1.807, 2.05) is 10.7 Å². The molecule has 3 rings (SSSR count). The zero-order chi connectivity index (χ0) is 25.2. The Bertz CT molecular complexity index is 880. The number of carbonyl (C=O) groups is 2. The number of aromatic nitrogens is 2. The standard InChI is InChI=1S/C10H6F6O2.C9H13N3O.CH4O/c11-9(12,13)7-1-6(4-18-5-17)2-8(3-7)10(14,15)16;1-11-3-2-4-12-9(6-11)5-8(7-13)10-12;1-2/h1-3,5H,4H2;5,7H,2-4,6H2,1H3;2H,1H3. The van der Waals surface area contributed by atoms with E-state index in [1.54, 1.807) is 0 Å². The number of fused-ring (bicyclic) bond motifs is 1. The van der Waals surface area contributed by atoms with E-state index in [0.717, 1.165) is 45.1 Å². The van der Waals surface area contributed by atoms with Crippen LogP contribution in [0.1, 0.15) is 39.3 Å². The van der Waals surface area contributed by atoms with Crippen LogP contribution in [-0.4, -0.2) is 53.2 Å². The van der Waals surface area contributed by atoms with Crippen LogP contribution in [0.5, 0.6) is 0 Å². The van der Waals surface area contributed by atoms with E-state index in [4.69, 9.17) is 5.11 Å². The number of benzene rings is 1. The van der Waals surface area contributed by atoms with Crippen LogP contribution in [0.15, 0.2) is 24.3 Å². The number of carbonyl (C=O) groups excluding carboxylic acids is 2. The Hall–Kier alpha value is -2.93. The number of halogens is 6. The van der Waals surface area contributed by atoms with Gasteiger partial charge in [0.25, 0.3) is 6.47 Å². The minimum Gasteiger partial charge on any atom is -0.463 e. The van der Waals surface area contributed by atoms with Crippen molar-refractivity contribution in [2.45, 2.75) is 38.5 Å². The lowest BCUT2D eigenvalue weighted by Crippen LogP contribution is -2.16. The van der Waals surface area contributed by atoms with Crippen LogP contribution in [0.4, 0.5) is 26.3 Å². The second-order valence-electron chi connectivity index (χ2n) is 6.81. The maximum absolute atomic E-state index is 12.4. The molecule has 184 valence electrons. The van der Waals surface area contributed by atoms with Gasteiger partial charge in [-0.1, -0.05) is 0 Å². The fourth-order valence-electron chi connectivity index (χ4n) is 2.94. The van der Waals surface area contributed by atoms with Crippen molar-refractivity contribution in [2.75, 3.05) is 20.7 Å². The predicted molar refractivity (Wildman–Crippen MR) is 104 cm³/mol. The number of hydrogen-bond acceptors (Lipinski definition) is 6. The molecule has 1 N–H and O–H groups in total. The molecule has 1 aromatic heterocycles. The zero-order valence-corrected chi connectivity index (χ0v) is 17.8. The molecular weight excluding hydrogens is 460 g/mol. The van der Waals surface area contributed by atoms with Crippen molar-refractivity contribution in [3.05, 3.63) is 52.3 Å². The lowest BCUT2D eigenvalue weighted by molar-refractivity contribution is -0.143. The normalized spacial score (nSPS) is 14.0. The largest absolute Gasteiger partial charge is 0.463 e. The van der Waals surface area contributed by atoms with E-state index in [2.05, 4.69) is 21.8 Å². The highest BCUT2D eigenvalue weighted by Crippen LogP contribution is 2.36.